The van der Waals surface area contributed by atoms with Crippen LogP contribution in [0.1, 0.15) is 75.2 Å². The number of hydrogen-bond acceptors (Lipinski definition) is 5. The molecule has 0 rings (SSSR count). The summed E-state index contributed by atoms with van der Waals surface area (Å²) in [5.41, 5.74) is -0.571. The number of amides is 1. The number of alkyl halides is 1. The van der Waals surface area contributed by atoms with Crippen molar-refractivity contribution in [2.24, 2.45) is 0 Å². The van der Waals surface area contributed by atoms with Crippen LogP contribution in [-0.4, -0.2) is 47.3 Å². The Morgan fingerprint density at radius 3 is 1.82 bits per heavy atom. The van der Waals surface area contributed by atoms with E-state index in [0.717, 1.165) is 12.8 Å². The minimum absolute atomic E-state index is 0.222. The molecule has 0 fully saturated rings. The Balaban J connectivity index is 0. The first-order valence-electron chi connectivity index (χ1n) is 9.72. The van der Waals surface area contributed by atoms with Crippen molar-refractivity contribution in [2.75, 3.05) is 24.8 Å². The third kappa shape index (κ3) is 18.3. The zero-order valence-corrected chi connectivity index (χ0v) is 25.7. The molecule has 1 amide bonds. The zero-order chi connectivity index (χ0) is 22.2. The Bertz CT molecular complexity index is 396. The Kier molecular flexibility index (Phi) is 20.5. The van der Waals surface area contributed by atoms with Crippen molar-refractivity contribution in [3.63, 3.8) is 0 Å². The zero-order valence-electron chi connectivity index (χ0n) is 19.2. The molecular weight excluding hydrogens is 703 g/mol. The SMILES string of the molecule is CC.CCOCCC(C)(C)O[I-]N([I-]OC(C)(C)CCOC(C)C)C(=O)[I-]C. The standard InChI is InChI=1S/C17H35I3NO5.C2H6/c1-9-23-12-10-16(4,5)25-19-21(15(22)18-8)20-26-17(6,7)11-13-24-14(2)3;1-2/h14H,9-13H2,1-8H3;1-2H3/q-3;. The molecule has 0 atom stereocenters. The normalized spacial score (nSPS) is 12.4. The summed E-state index contributed by atoms with van der Waals surface area (Å²) in [7, 11) is 0. The van der Waals surface area contributed by atoms with Gasteiger partial charge in [0.2, 0.25) is 0 Å². The Morgan fingerprint density at radius 2 is 1.43 bits per heavy atom. The molecule has 0 unspecified atom stereocenters. The molecular formula is C19H41I3NO5-3. The molecule has 0 aromatic carbocycles. The average molecular weight is 744 g/mol. The topological polar surface area (TPSA) is 57.2 Å². The molecule has 0 bridgehead atoms. The summed E-state index contributed by atoms with van der Waals surface area (Å²) in [6, 6.07) is 0. The van der Waals surface area contributed by atoms with Crippen LogP contribution in [0.3, 0.4) is 0 Å². The van der Waals surface area contributed by atoms with Gasteiger partial charge in [-0.2, -0.15) is 0 Å². The summed E-state index contributed by atoms with van der Waals surface area (Å²) >= 11 is -2.16. The fourth-order valence-electron chi connectivity index (χ4n) is 1.46. The van der Waals surface area contributed by atoms with E-state index in [9.17, 15) is 4.79 Å². The van der Waals surface area contributed by atoms with Crippen LogP contribution in [0.15, 0.2) is 0 Å². The fourth-order valence-corrected chi connectivity index (χ4v) is 8.90. The van der Waals surface area contributed by atoms with Crippen LogP contribution in [0.4, 0.5) is 4.79 Å². The van der Waals surface area contributed by atoms with Crippen LogP contribution in [0.2, 0.25) is 0 Å². The third-order valence-electron chi connectivity index (χ3n) is 3.11. The first-order valence-corrected chi connectivity index (χ1v) is 16.6. The molecule has 176 valence electrons. The summed E-state index contributed by atoms with van der Waals surface area (Å²) in [4.78, 5) is 14.3. The van der Waals surface area contributed by atoms with Crippen LogP contribution in [0, 0.1) is 0 Å². The summed E-state index contributed by atoms with van der Waals surface area (Å²) in [5.74, 6) is 0. The van der Waals surface area contributed by atoms with Gasteiger partial charge in [0.1, 0.15) is 0 Å². The molecule has 0 saturated carbocycles. The summed E-state index contributed by atoms with van der Waals surface area (Å²) in [5, 5.41) is 0. The van der Waals surface area contributed by atoms with E-state index in [-0.39, 0.29) is 21.2 Å². The molecule has 0 heterocycles. The summed E-state index contributed by atoms with van der Waals surface area (Å²) < 4.78 is 25.4. The molecule has 6 nitrogen and oxygen atoms in total. The van der Waals surface area contributed by atoms with E-state index < -0.39 is 65.0 Å². The molecule has 0 spiro atoms. The van der Waals surface area contributed by atoms with E-state index in [1.165, 1.54) is 0 Å². The van der Waals surface area contributed by atoms with Gasteiger partial charge in [-0.3, -0.25) is 0 Å². The van der Waals surface area contributed by atoms with Gasteiger partial charge in [-0.05, 0) is 0 Å². The summed E-state index contributed by atoms with van der Waals surface area (Å²) in [6.07, 6.45) is 1.86. The second-order valence-electron chi connectivity index (χ2n) is 7.10. The van der Waals surface area contributed by atoms with Crippen molar-refractivity contribution in [1.82, 2.24) is 1.33 Å². The van der Waals surface area contributed by atoms with Crippen LogP contribution in [-0.2, 0) is 15.6 Å². The molecule has 0 aliphatic rings. The van der Waals surface area contributed by atoms with Gasteiger partial charge >= 0.3 is 194 Å². The van der Waals surface area contributed by atoms with Gasteiger partial charge in [0.25, 0.3) is 0 Å². The maximum atomic E-state index is 12.3. The molecule has 28 heavy (non-hydrogen) atoms. The van der Waals surface area contributed by atoms with Gasteiger partial charge in [0.15, 0.2) is 0 Å². The summed E-state index contributed by atoms with van der Waals surface area (Å²) in [6.45, 7) is 20.3. The van der Waals surface area contributed by atoms with Crippen LogP contribution in [0.25, 0.3) is 0 Å². The number of carbonyl (C=O) groups excluding carboxylic acids is 1. The van der Waals surface area contributed by atoms with Crippen LogP contribution < -0.4 is 65.0 Å². The first-order chi connectivity index (χ1) is 13.0. The number of rotatable bonds is 15. The van der Waals surface area contributed by atoms with Crippen molar-refractivity contribution in [3.8, 4) is 0 Å². The van der Waals surface area contributed by atoms with Crippen LogP contribution >= 0.6 is 0 Å². The van der Waals surface area contributed by atoms with E-state index in [1.807, 2.05) is 40.9 Å². The molecule has 0 aromatic rings. The van der Waals surface area contributed by atoms with Crippen molar-refractivity contribution in [1.29, 1.82) is 0 Å². The second-order valence-corrected chi connectivity index (χ2v) is 14.5. The number of hydrogen-bond donors (Lipinski definition) is 0. The predicted octanol–water partition coefficient (Wildman–Crippen LogP) is -4.18. The van der Waals surface area contributed by atoms with Crippen molar-refractivity contribution < 1.29 is 85.4 Å². The van der Waals surface area contributed by atoms with E-state index in [2.05, 4.69) is 27.7 Å². The molecule has 0 N–H and O–H groups in total. The molecule has 0 radical (unpaired) electrons. The van der Waals surface area contributed by atoms with Crippen molar-refractivity contribution in [2.45, 2.75) is 92.5 Å². The number of nitrogens with zero attached hydrogens (tertiary/aromatic N) is 1. The van der Waals surface area contributed by atoms with Gasteiger partial charge in [-0.15, -0.1) is 0 Å². The Morgan fingerprint density at radius 1 is 0.964 bits per heavy atom. The monoisotopic (exact) mass is 744 g/mol. The third-order valence-corrected chi connectivity index (χ3v) is 12.7. The van der Waals surface area contributed by atoms with E-state index in [1.54, 1.807) is 0 Å². The van der Waals surface area contributed by atoms with Gasteiger partial charge in [0.05, 0.1) is 0 Å². The molecule has 0 aliphatic carbocycles. The Hall–Kier alpha value is 1.50. The van der Waals surface area contributed by atoms with Crippen molar-refractivity contribution in [3.05, 3.63) is 0 Å². The molecule has 9 heteroatoms. The second kappa shape index (κ2) is 18.1. The van der Waals surface area contributed by atoms with Gasteiger partial charge in [-0.1, -0.05) is 13.8 Å². The van der Waals surface area contributed by atoms with Crippen molar-refractivity contribution >= 4 is 3.91 Å². The van der Waals surface area contributed by atoms with E-state index >= 15 is 0 Å². The van der Waals surface area contributed by atoms with Crippen LogP contribution in [0.5, 0.6) is 0 Å². The Labute approximate surface area is 206 Å². The fraction of sp³-hybridized carbons (Fsp3) is 0.947. The maximum absolute atomic E-state index is 12.3. The first kappa shape index (κ1) is 31.7. The van der Waals surface area contributed by atoms with Gasteiger partial charge < -0.3 is 0 Å². The molecule has 0 aliphatic heterocycles. The van der Waals surface area contributed by atoms with Gasteiger partial charge in [-0.25, -0.2) is 0 Å². The van der Waals surface area contributed by atoms with Gasteiger partial charge in [0, 0.05) is 0 Å². The predicted molar refractivity (Wildman–Crippen MR) is 102 cm³/mol. The van der Waals surface area contributed by atoms with E-state index in [4.69, 9.17) is 15.6 Å². The quantitative estimate of drug-likeness (QED) is 0.0426. The number of halogens is 3. The molecule has 0 aromatic heterocycles. The van der Waals surface area contributed by atoms with E-state index in [0.29, 0.717) is 19.8 Å². The molecule has 0 saturated heterocycles. The minimum atomic E-state index is -0.834. The average Bonchev–Trinajstić information content (AvgIpc) is 2.62. The number of carbonyl (C=O) groups is 1. The number of ether oxygens (including phenoxy) is 2.